The zero-order chi connectivity index (χ0) is 38.6. The van der Waals surface area contributed by atoms with Crippen molar-refractivity contribution in [2.45, 2.75) is 0 Å². The molecule has 0 aliphatic carbocycles. The number of furan rings is 1. The number of aromatic nitrogens is 3. The lowest BCUT2D eigenvalue weighted by Crippen LogP contribution is -1.95. The number of rotatable bonds is 4. The second-order valence-corrected chi connectivity index (χ2v) is 16.4. The summed E-state index contributed by atoms with van der Waals surface area (Å²) in [5.41, 5.74) is 12.2. The van der Waals surface area contributed by atoms with Gasteiger partial charge in [0, 0.05) is 47.6 Å². The summed E-state index contributed by atoms with van der Waals surface area (Å²) in [6, 6.07) is 65.7. The van der Waals surface area contributed by atoms with E-state index in [1.807, 2.05) is 11.3 Å². The van der Waals surface area contributed by atoms with E-state index in [0.29, 0.717) is 5.58 Å². The predicted octanol–water partition coefficient (Wildman–Crippen LogP) is 15.1. The van der Waals surface area contributed by atoms with E-state index in [4.69, 9.17) is 14.4 Å². The van der Waals surface area contributed by atoms with Crippen molar-refractivity contribution >= 4 is 96.9 Å². The molecule has 4 nitrogen and oxygen atoms in total. The van der Waals surface area contributed by atoms with Crippen LogP contribution in [0.15, 0.2) is 193 Å². The van der Waals surface area contributed by atoms with Gasteiger partial charge in [-0.3, -0.25) is 0 Å². The summed E-state index contributed by atoms with van der Waals surface area (Å²) in [5, 5.41) is 11.0. The molecule has 0 radical (unpaired) electrons. The molecule has 9 aromatic carbocycles. The number of para-hydroxylation sites is 1. The topological polar surface area (TPSA) is 43.9 Å². The molecule has 0 N–H and O–H groups in total. The van der Waals surface area contributed by atoms with Crippen LogP contribution in [0.1, 0.15) is 0 Å². The van der Waals surface area contributed by atoms with Gasteiger partial charge in [0.1, 0.15) is 23.1 Å². The van der Waals surface area contributed by atoms with Gasteiger partial charge in [0.2, 0.25) is 0 Å². The summed E-state index contributed by atoms with van der Waals surface area (Å²) in [4.78, 5) is 9.62. The van der Waals surface area contributed by atoms with Crippen LogP contribution in [0, 0.1) is 0 Å². The SMILES string of the molecule is c1cc(-c2ncnc3c2oc2ccc(-c4ccc5cc(-c6ccc7ccccc7c6)ccc5c4)cc23)cc(-n2c3ccccc3c3c4sc5ccccc5c4ccc32)c1. The van der Waals surface area contributed by atoms with Gasteiger partial charge in [-0.2, -0.15) is 0 Å². The minimum absolute atomic E-state index is 0.686. The van der Waals surface area contributed by atoms with Crippen LogP contribution in [0.3, 0.4) is 0 Å². The van der Waals surface area contributed by atoms with Crippen molar-refractivity contribution in [3.8, 4) is 39.2 Å². The van der Waals surface area contributed by atoms with Crippen molar-refractivity contribution in [2.24, 2.45) is 0 Å². The second-order valence-electron chi connectivity index (χ2n) is 15.4. The molecule has 4 heterocycles. The molecule has 0 aliphatic rings. The van der Waals surface area contributed by atoms with Gasteiger partial charge in [-0.15, -0.1) is 11.3 Å². The summed E-state index contributed by atoms with van der Waals surface area (Å²) in [7, 11) is 0. The number of nitrogens with zero attached hydrogens (tertiary/aromatic N) is 3. The van der Waals surface area contributed by atoms with E-state index < -0.39 is 0 Å². The van der Waals surface area contributed by atoms with Gasteiger partial charge in [-0.05, 0) is 104 Å². The zero-order valence-electron chi connectivity index (χ0n) is 31.6. The molecule has 4 aromatic heterocycles. The smallest absolute Gasteiger partial charge is 0.180 e. The first kappa shape index (κ1) is 32.5. The Hall–Kier alpha value is -7.60. The Morgan fingerprint density at radius 3 is 1.95 bits per heavy atom. The molecule has 13 aromatic rings. The van der Waals surface area contributed by atoms with E-state index in [0.717, 1.165) is 44.6 Å². The third-order valence-corrected chi connectivity index (χ3v) is 13.3. The normalized spacial score (nSPS) is 12.1. The third-order valence-electron chi connectivity index (χ3n) is 12.1. The van der Waals surface area contributed by atoms with E-state index in [-0.39, 0.29) is 0 Å². The fourth-order valence-corrected chi connectivity index (χ4v) is 10.5. The van der Waals surface area contributed by atoms with Gasteiger partial charge in [-0.1, -0.05) is 121 Å². The second kappa shape index (κ2) is 12.4. The number of hydrogen-bond donors (Lipinski definition) is 0. The molecule has 0 aliphatic heterocycles. The molecule has 0 spiro atoms. The van der Waals surface area contributed by atoms with Crippen molar-refractivity contribution in [3.63, 3.8) is 0 Å². The molecule has 0 amide bonds. The highest BCUT2D eigenvalue weighted by Crippen LogP contribution is 2.44. The maximum atomic E-state index is 6.60. The first-order valence-corrected chi connectivity index (χ1v) is 20.7. The molecular weight excluding hydrogens is 739 g/mol. The Morgan fingerprint density at radius 2 is 1.12 bits per heavy atom. The molecule has 59 heavy (non-hydrogen) atoms. The molecule has 0 saturated carbocycles. The summed E-state index contributed by atoms with van der Waals surface area (Å²) in [5.74, 6) is 0. The summed E-state index contributed by atoms with van der Waals surface area (Å²) in [6.07, 6.45) is 1.66. The average Bonchev–Trinajstić information content (AvgIpc) is 3.98. The van der Waals surface area contributed by atoms with Crippen molar-refractivity contribution in [1.29, 1.82) is 0 Å². The Labute approximate surface area is 341 Å². The van der Waals surface area contributed by atoms with Gasteiger partial charge < -0.3 is 8.98 Å². The van der Waals surface area contributed by atoms with Gasteiger partial charge in [-0.25, -0.2) is 9.97 Å². The van der Waals surface area contributed by atoms with Crippen LogP contribution in [0.25, 0.3) is 125 Å². The van der Waals surface area contributed by atoms with Crippen LogP contribution in [0.2, 0.25) is 0 Å². The molecule has 13 rings (SSSR count). The fraction of sp³-hybridized carbons (Fsp3) is 0. The highest BCUT2D eigenvalue weighted by atomic mass is 32.1. The van der Waals surface area contributed by atoms with Crippen LogP contribution in [-0.4, -0.2) is 14.5 Å². The molecule has 0 saturated heterocycles. The minimum Gasteiger partial charge on any atom is -0.452 e. The maximum absolute atomic E-state index is 6.60. The Bertz CT molecular complexity index is 3870. The van der Waals surface area contributed by atoms with Crippen LogP contribution < -0.4 is 0 Å². The summed E-state index contributed by atoms with van der Waals surface area (Å²) >= 11 is 1.87. The average molecular weight is 770 g/mol. The lowest BCUT2D eigenvalue weighted by molar-refractivity contribution is 0.667. The number of thiophene rings is 1. The first-order chi connectivity index (χ1) is 29.2. The summed E-state index contributed by atoms with van der Waals surface area (Å²) in [6.45, 7) is 0. The van der Waals surface area contributed by atoms with E-state index in [9.17, 15) is 0 Å². The molecule has 0 bridgehead atoms. The number of hydrogen-bond acceptors (Lipinski definition) is 4. The first-order valence-electron chi connectivity index (χ1n) is 19.9. The standard InChI is InChI=1S/C54H31N3OS/c1-2-9-33-26-34(17-16-32(33)8-1)35-18-19-37-28-38(21-20-36(37)27-35)39-22-25-48-45(30-39)52-53(58-48)51(55-31-56-52)40-10-7-11-41(29-40)57-46-14-5-3-13-44(46)50-47(57)24-23-43-42-12-4-6-15-49(42)59-54(43)50/h1-31H. The minimum atomic E-state index is 0.686. The van der Waals surface area contributed by atoms with Crippen molar-refractivity contribution in [1.82, 2.24) is 14.5 Å². The van der Waals surface area contributed by atoms with Crippen LogP contribution in [0.4, 0.5) is 0 Å². The Morgan fingerprint density at radius 1 is 0.441 bits per heavy atom. The number of fused-ring (bicyclic) bond motifs is 12. The molecular formula is C54H31N3OS. The lowest BCUT2D eigenvalue weighted by atomic mass is 9.96. The van der Waals surface area contributed by atoms with Crippen LogP contribution in [0.5, 0.6) is 0 Å². The Balaban J connectivity index is 0.892. The predicted molar refractivity (Wildman–Crippen MR) is 248 cm³/mol. The highest BCUT2D eigenvalue weighted by Gasteiger charge is 2.20. The van der Waals surface area contributed by atoms with Crippen molar-refractivity contribution in [2.75, 3.05) is 0 Å². The molecule has 0 unspecified atom stereocenters. The maximum Gasteiger partial charge on any atom is 0.180 e. The fourth-order valence-electron chi connectivity index (χ4n) is 9.24. The van der Waals surface area contributed by atoms with E-state index in [2.05, 4.69) is 187 Å². The molecule has 5 heteroatoms. The van der Waals surface area contributed by atoms with Crippen LogP contribution in [-0.2, 0) is 0 Å². The number of benzene rings is 9. The van der Waals surface area contributed by atoms with Gasteiger partial charge in [0.05, 0.1) is 11.0 Å². The van der Waals surface area contributed by atoms with E-state index in [1.54, 1.807) is 6.33 Å². The zero-order valence-corrected chi connectivity index (χ0v) is 32.4. The molecule has 0 atom stereocenters. The van der Waals surface area contributed by atoms with Crippen LogP contribution >= 0.6 is 11.3 Å². The van der Waals surface area contributed by atoms with E-state index in [1.165, 1.54) is 74.6 Å². The largest absolute Gasteiger partial charge is 0.452 e. The third kappa shape index (κ3) is 4.95. The summed E-state index contributed by atoms with van der Waals surface area (Å²) < 4.78 is 11.6. The van der Waals surface area contributed by atoms with Gasteiger partial charge >= 0.3 is 0 Å². The van der Waals surface area contributed by atoms with Gasteiger partial charge in [0.25, 0.3) is 0 Å². The highest BCUT2D eigenvalue weighted by molar-refractivity contribution is 7.26. The molecule has 274 valence electrons. The Kier molecular flexibility index (Phi) is 6.85. The van der Waals surface area contributed by atoms with Gasteiger partial charge in [0.15, 0.2) is 5.58 Å². The van der Waals surface area contributed by atoms with Crippen molar-refractivity contribution in [3.05, 3.63) is 188 Å². The lowest BCUT2D eigenvalue weighted by Gasteiger charge is -2.10. The van der Waals surface area contributed by atoms with Crippen molar-refractivity contribution < 1.29 is 4.42 Å². The van der Waals surface area contributed by atoms with E-state index >= 15 is 0 Å². The molecule has 0 fully saturated rings. The monoisotopic (exact) mass is 769 g/mol. The quantitative estimate of drug-likeness (QED) is 0.179.